The average molecular weight is 367 g/mol. The zero-order valence-electron chi connectivity index (χ0n) is 14.8. The van der Waals surface area contributed by atoms with E-state index in [1.165, 1.54) is 12.3 Å². The first-order valence-electron chi connectivity index (χ1n) is 8.58. The Balaban J connectivity index is 1.80. The number of nitrogens with one attached hydrogen (secondary N) is 1. The van der Waals surface area contributed by atoms with Gasteiger partial charge in [0.1, 0.15) is 23.0 Å². The van der Waals surface area contributed by atoms with Crippen molar-refractivity contribution in [2.45, 2.75) is 13.5 Å². The highest BCUT2D eigenvalue weighted by molar-refractivity contribution is 6.03. The van der Waals surface area contributed by atoms with Crippen molar-refractivity contribution in [1.82, 2.24) is 4.98 Å². The van der Waals surface area contributed by atoms with E-state index in [1.54, 1.807) is 12.1 Å². The van der Waals surface area contributed by atoms with Crippen LogP contribution >= 0.6 is 0 Å². The van der Waals surface area contributed by atoms with Crippen LogP contribution in [0.25, 0.3) is 0 Å². The molecule has 27 heavy (non-hydrogen) atoms. The number of anilines is 2. The molecule has 0 saturated heterocycles. The lowest BCUT2D eigenvalue weighted by molar-refractivity contribution is 0.102. The molecular formula is C21H19F2N3O. The highest BCUT2D eigenvalue weighted by atomic mass is 19.1. The minimum Gasteiger partial charge on any atom is -0.367 e. The topological polar surface area (TPSA) is 45.2 Å². The molecular weight excluding hydrogens is 348 g/mol. The number of halogens is 2. The Hall–Kier alpha value is -3.28. The van der Waals surface area contributed by atoms with Gasteiger partial charge in [-0.2, -0.15) is 0 Å². The molecule has 0 unspecified atom stereocenters. The Labute approximate surface area is 156 Å². The van der Waals surface area contributed by atoms with Crippen molar-refractivity contribution in [2.24, 2.45) is 0 Å². The van der Waals surface area contributed by atoms with Crippen LogP contribution in [-0.2, 0) is 6.54 Å². The number of hydrogen-bond acceptors (Lipinski definition) is 3. The Morgan fingerprint density at radius 3 is 2.41 bits per heavy atom. The summed E-state index contributed by atoms with van der Waals surface area (Å²) in [6, 6.07) is 16.8. The SMILES string of the molecule is CCN(Cc1ccccc1)c1ccnc(C(=O)Nc2c(F)cccc2F)c1. The number of nitrogens with zero attached hydrogens (tertiary/aromatic N) is 2. The van der Waals surface area contributed by atoms with Crippen molar-refractivity contribution in [1.29, 1.82) is 0 Å². The van der Waals surface area contributed by atoms with E-state index in [4.69, 9.17) is 0 Å². The van der Waals surface area contributed by atoms with E-state index in [2.05, 4.69) is 15.2 Å². The lowest BCUT2D eigenvalue weighted by Gasteiger charge is -2.23. The van der Waals surface area contributed by atoms with E-state index in [1.807, 2.05) is 37.3 Å². The number of benzene rings is 2. The van der Waals surface area contributed by atoms with Gasteiger partial charge in [0.15, 0.2) is 0 Å². The predicted molar refractivity (Wildman–Crippen MR) is 102 cm³/mol. The highest BCUT2D eigenvalue weighted by Gasteiger charge is 2.16. The molecule has 0 radical (unpaired) electrons. The van der Waals surface area contributed by atoms with Crippen LogP contribution in [0, 0.1) is 11.6 Å². The molecule has 0 fully saturated rings. The van der Waals surface area contributed by atoms with E-state index in [-0.39, 0.29) is 5.69 Å². The van der Waals surface area contributed by atoms with Crippen LogP contribution in [0.1, 0.15) is 23.0 Å². The van der Waals surface area contributed by atoms with Gasteiger partial charge in [0, 0.05) is 25.0 Å². The van der Waals surface area contributed by atoms with Crippen molar-refractivity contribution in [3.63, 3.8) is 0 Å². The summed E-state index contributed by atoms with van der Waals surface area (Å²) in [5.74, 6) is -2.34. The van der Waals surface area contributed by atoms with Gasteiger partial charge in [-0.05, 0) is 36.8 Å². The molecule has 0 aliphatic heterocycles. The number of carbonyl (C=O) groups excluding carboxylic acids is 1. The summed E-state index contributed by atoms with van der Waals surface area (Å²) in [6.07, 6.45) is 1.51. The van der Waals surface area contributed by atoms with Gasteiger partial charge in [0.05, 0.1) is 0 Å². The van der Waals surface area contributed by atoms with Crippen molar-refractivity contribution >= 4 is 17.3 Å². The Morgan fingerprint density at radius 1 is 1.04 bits per heavy atom. The monoisotopic (exact) mass is 367 g/mol. The van der Waals surface area contributed by atoms with Crippen molar-refractivity contribution in [3.05, 3.63) is 89.8 Å². The van der Waals surface area contributed by atoms with Crippen LogP contribution in [0.2, 0.25) is 0 Å². The maximum absolute atomic E-state index is 13.7. The molecule has 0 atom stereocenters. The second-order valence-corrected chi connectivity index (χ2v) is 5.95. The van der Waals surface area contributed by atoms with Crippen molar-refractivity contribution in [2.75, 3.05) is 16.8 Å². The molecule has 3 rings (SSSR count). The second kappa shape index (κ2) is 8.40. The minimum atomic E-state index is -0.834. The molecule has 1 heterocycles. The summed E-state index contributed by atoms with van der Waals surface area (Å²) in [4.78, 5) is 18.5. The minimum absolute atomic E-state index is 0.0849. The molecule has 0 aliphatic rings. The molecule has 0 aliphatic carbocycles. The first kappa shape index (κ1) is 18.5. The van der Waals surface area contributed by atoms with E-state index in [0.29, 0.717) is 6.54 Å². The van der Waals surface area contributed by atoms with Gasteiger partial charge in [-0.3, -0.25) is 9.78 Å². The highest BCUT2D eigenvalue weighted by Crippen LogP contribution is 2.21. The Morgan fingerprint density at radius 2 is 1.74 bits per heavy atom. The molecule has 6 heteroatoms. The first-order chi connectivity index (χ1) is 13.1. The molecule has 2 aromatic carbocycles. The normalized spacial score (nSPS) is 10.5. The van der Waals surface area contributed by atoms with Crippen LogP contribution in [0.4, 0.5) is 20.2 Å². The van der Waals surface area contributed by atoms with Gasteiger partial charge >= 0.3 is 0 Å². The van der Waals surface area contributed by atoms with E-state index < -0.39 is 23.2 Å². The van der Waals surface area contributed by atoms with Crippen LogP contribution < -0.4 is 10.2 Å². The number of aromatic nitrogens is 1. The third-order valence-electron chi connectivity index (χ3n) is 4.14. The summed E-state index contributed by atoms with van der Waals surface area (Å²) in [7, 11) is 0. The molecule has 0 spiro atoms. The number of amides is 1. The second-order valence-electron chi connectivity index (χ2n) is 5.95. The summed E-state index contributed by atoms with van der Waals surface area (Å²) in [6.45, 7) is 3.41. The number of para-hydroxylation sites is 1. The van der Waals surface area contributed by atoms with Gasteiger partial charge < -0.3 is 10.2 Å². The third kappa shape index (κ3) is 4.47. The molecule has 1 aromatic heterocycles. The standard InChI is InChI=1S/C21H19F2N3O/c1-2-26(14-15-7-4-3-5-8-15)16-11-12-24-19(13-16)21(27)25-20-17(22)9-6-10-18(20)23/h3-13H,2,14H2,1H3,(H,25,27). The zero-order chi connectivity index (χ0) is 19.2. The van der Waals surface area contributed by atoms with E-state index >= 15 is 0 Å². The average Bonchev–Trinajstić information content (AvgIpc) is 2.70. The van der Waals surface area contributed by atoms with Crippen LogP contribution in [-0.4, -0.2) is 17.4 Å². The number of rotatable bonds is 6. The molecule has 3 aromatic rings. The molecule has 4 nitrogen and oxygen atoms in total. The summed E-state index contributed by atoms with van der Waals surface area (Å²) in [5, 5.41) is 2.26. The van der Waals surface area contributed by atoms with E-state index in [9.17, 15) is 13.6 Å². The largest absolute Gasteiger partial charge is 0.367 e. The van der Waals surface area contributed by atoms with Crippen LogP contribution in [0.15, 0.2) is 66.9 Å². The summed E-state index contributed by atoms with van der Waals surface area (Å²) >= 11 is 0. The third-order valence-corrected chi connectivity index (χ3v) is 4.14. The number of hydrogen-bond donors (Lipinski definition) is 1. The molecule has 1 amide bonds. The number of carbonyl (C=O) groups is 1. The fraction of sp³-hybridized carbons (Fsp3) is 0.143. The van der Waals surface area contributed by atoms with Gasteiger partial charge in [0.25, 0.3) is 5.91 Å². The smallest absolute Gasteiger partial charge is 0.274 e. The molecule has 0 bridgehead atoms. The maximum Gasteiger partial charge on any atom is 0.274 e. The van der Waals surface area contributed by atoms with Gasteiger partial charge in [0.2, 0.25) is 0 Å². The van der Waals surface area contributed by atoms with Gasteiger partial charge in [-0.15, -0.1) is 0 Å². The first-order valence-corrected chi connectivity index (χ1v) is 8.58. The van der Waals surface area contributed by atoms with E-state index in [0.717, 1.165) is 29.9 Å². The van der Waals surface area contributed by atoms with Crippen molar-refractivity contribution in [3.8, 4) is 0 Å². The zero-order valence-corrected chi connectivity index (χ0v) is 14.8. The predicted octanol–water partition coefficient (Wildman–Crippen LogP) is 4.64. The van der Waals surface area contributed by atoms with Gasteiger partial charge in [-0.1, -0.05) is 36.4 Å². The lowest BCUT2D eigenvalue weighted by atomic mass is 10.2. The molecule has 1 N–H and O–H groups in total. The van der Waals surface area contributed by atoms with Gasteiger partial charge in [-0.25, -0.2) is 8.78 Å². The summed E-state index contributed by atoms with van der Waals surface area (Å²) < 4.78 is 27.5. The van der Waals surface area contributed by atoms with Crippen LogP contribution in [0.5, 0.6) is 0 Å². The Kier molecular flexibility index (Phi) is 5.76. The fourth-order valence-corrected chi connectivity index (χ4v) is 2.72. The molecule has 0 saturated carbocycles. The fourth-order valence-electron chi connectivity index (χ4n) is 2.72. The quantitative estimate of drug-likeness (QED) is 0.690. The summed E-state index contributed by atoms with van der Waals surface area (Å²) in [5.41, 5.74) is 1.54. The van der Waals surface area contributed by atoms with Crippen LogP contribution in [0.3, 0.4) is 0 Å². The maximum atomic E-state index is 13.7. The number of pyridine rings is 1. The lowest BCUT2D eigenvalue weighted by Crippen LogP contribution is -2.23. The molecule has 138 valence electrons. The Bertz CT molecular complexity index is 911. The van der Waals surface area contributed by atoms with Crippen molar-refractivity contribution < 1.29 is 13.6 Å².